The summed E-state index contributed by atoms with van der Waals surface area (Å²) in [5.41, 5.74) is 0.320. The van der Waals surface area contributed by atoms with Gasteiger partial charge in [-0.15, -0.1) is 0 Å². The SMILES string of the molecule is CCOC(=O)C1=NN(CCC(C)=O)[C@H]2C(=O)N(c3ccc(Br)cc3)C(=O)[C@H]12. The number of anilines is 1. The number of ketones is 1. The summed E-state index contributed by atoms with van der Waals surface area (Å²) in [6.07, 6.45) is 0.155. The van der Waals surface area contributed by atoms with Crippen molar-refractivity contribution in [2.24, 2.45) is 11.0 Å². The molecule has 8 nitrogen and oxygen atoms in total. The highest BCUT2D eigenvalue weighted by molar-refractivity contribution is 9.10. The quantitative estimate of drug-likeness (QED) is 0.496. The lowest BCUT2D eigenvalue weighted by Gasteiger charge is -2.21. The molecule has 0 bridgehead atoms. The van der Waals surface area contributed by atoms with Crippen LogP contribution in [-0.4, -0.2) is 53.5 Å². The molecule has 27 heavy (non-hydrogen) atoms. The van der Waals surface area contributed by atoms with Crippen molar-refractivity contribution in [3.63, 3.8) is 0 Å². The second-order valence-electron chi connectivity index (χ2n) is 6.23. The molecule has 2 amide bonds. The van der Waals surface area contributed by atoms with Crippen LogP contribution in [0.2, 0.25) is 0 Å². The number of halogens is 1. The van der Waals surface area contributed by atoms with E-state index < -0.39 is 29.7 Å². The first-order valence-corrected chi connectivity index (χ1v) is 9.29. The highest BCUT2D eigenvalue weighted by Crippen LogP contribution is 2.35. The van der Waals surface area contributed by atoms with E-state index in [1.54, 1.807) is 31.2 Å². The first-order chi connectivity index (χ1) is 12.8. The molecule has 2 heterocycles. The first-order valence-electron chi connectivity index (χ1n) is 8.50. The average Bonchev–Trinajstić information content (AvgIpc) is 3.12. The summed E-state index contributed by atoms with van der Waals surface area (Å²) < 4.78 is 5.80. The first kappa shape index (κ1) is 19.2. The molecule has 142 valence electrons. The second kappa shape index (κ2) is 7.59. The van der Waals surface area contributed by atoms with Crippen molar-refractivity contribution < 1.29 is 23.9 Å². The lowest BCUT2D eigenvalue weighted by atomic mass is 9.98. The number of rotatable bonds is 6. The Hall–Kier alpha value is -2.55. The highest BCUT2D eigenvalue weighted by Gasteiger charge is 2.58. The second-order valence-corrected chi connectivity index (χ2v) is 7.15. The van der Waals surface area contributed by atoms with E-state index in [4.69, 9.17) is 4.74 Å². The molecule has 2 atom stereocenters. The van der Waals surface area contributed by atoms with E-state index in [2.05, 4.69) is 21.0 Å². The summed E-state index contributed by atoms with van der Waals surface area (Å²) >= 11 is 3.31. The number of carbonyl (C=O) groups excluding carboxylic acids is 4. The Morgan fingerprint density at radius 1 is 1.19 bits per heavy atom. The van der Waals surface area contributed by atoms with Crippen LogP contribution in [0.1, 0.15) is 20.3 Å². The number of fused-ring (bicyclic) bond motifs is 1. The van der Waals surface area contributed by atoms with Gasteiger partial charge in [-0.1, -0.05) is 15.9 Å². The Kier molecular flexibility index (Phi) is 5.41. The Morgan fingerprint density at radius 2 is 1.85 bits per heavy atom. The van der Waals surface area contributed by atoms with Gasteiger partial charge in [-0.05, 0) is 38.1 Å². The van der Waals surface area contributed by atoms with Crippen molar-refractivity contribution in [1.29, 1.82) is 0 Å². The molecule has 1 fully saturated rings. The van der Waals surface area contributed by atoms with Crippen molar-refractivity contribution in [1.82, 2.24) is 5.01 Å². The third-order valence-corrected chi connectivity index (χ3v) is 4.92. The lowest BCUT2D eigenvalue weighted by molar-refractivity contribution is -0.136. The van der Waals surface area contributed by atoms with E-state index in [1.807, 2.05) is 0 Å². The fraction of sp³-hybridized carbons (Fsp3) is 0.389. The third-order valence-electron chi connectivity index (χ3n) is 4.39. The van der Waals surface area contributed by atoms with Crippen molar-refractivity contribution in [3.8, 4) is 0 Å². The number of amides is 2. The zero-order valence-corrected chi connectivity index (χ0v) is 16.4. The zero-order valence-electron chi connectivity index (χ0n) is 14.8. The van der Waals surface area contributed by atoms with Crippen molar-refractivity contribution in [2.75, 3.05) is 18.1 Å². The molecule has 1 saturated heterocycles. The molecule has 0 unspecified atom stereocenters. The van der Waals surface area contributed by atoms with Crippen LogP contribution in [0.3, 0.4) is 0 Å². The number of benzene rings is 1. The molecule has 2 aliphatic heterocycles. The smallest absolute Gasteiger partial charge is 0.355 e. The van der Waals surface area contributed by atoms with Crippen LogP contribution >= 0.6 is 15.9 Å². The minimum atomic E-state index is -1.04. The van der Waals surface area contributed by atoms with Gasteiger partial charge in [-0.25, -0.2) is 9.69 Å². The number of esters is 1. The van der Waals surface area contributed by atoms with Crippen LogP contribution in [0.15, 0.2) is 33.8 Å². The maximum atomic E-state index is 13.0. The fourth-order valence-electron chi connectivity index (χ4n) is 3.16. The van der Waals surface area contributed by atoms with Gasteiger partial charge in [0.1, 0.15) is 17.7 Å². The Labute approximate surface area is 164 Å². The van der Waals surface area contributed by atoms with Crippen LogP contribution in [0, 0.1) is 5.92 Å². The fourth-order valence-corrected chi connectivity index (χ4v) is 3.43. The van der Waals surface area contributed by atoms with Crippen LogP contribution in [0.4, 0.5) is 5.69 Å². The molecule has 0 aliphatic carbocycles. The molecule has 1 aromatic carbocycles. The van der Waals surface area contributed by atoms with Crippen molar-refractivity contribution in [2.45, 2.75) is 26.3 Å². The molecule has 9 heteroatoms. The van der Waals surface area contributed by atoms with Gasteiger partial charge in [0.05, 0.1) is 12.3 Å². The van der Waals surface area contributed by atoms with Gasteiger partial charge in [0.25, 0.3) is 5.91 Å². The number of ether oxygens (including phenoxy) is 1. The van der Waals surface area contributed by atoms with E-state index in [0.717, 1.165) is 9.37 Å². The molecule has 0 spiro atoms. The Morgan fingerprint density at radius 3 is 2.44 bits per heavy atom. The van der Waals surface area contributed by atoms with E-state index in [9.17, 15) is 19.2 Å². The van der Waals surface area contributed by atoms with Gasteiger partial charge in [-0.2, -0.15) is 5.10 Å². The van der Waals surface area contributed by atoms with Gasteiger partial charge >= 0.3 is 5.97 Å². The van der Waals surface area contributed by atoms with Gasteiger partial charge in [-0.3, -0.25) is 19.4 Å². The molecule has 3 rings (SSSR count). The molecule has 0 radical (unpaired) electrons. The number of nitrogens with zero attached hydrogens (tertiary/aromatic N) is 3. The molecule has 2 aliphatic rings. The van der Waals surface area contributed by atoms with E-state index in [1.165, 1.54) is 11.9 Å². The van der Waals surface area contributed by atoms with Crippen LogP contribution in [-0.2, 0) is 23.9 Å². The van der Waals surface area contributed by atoms with E-state index in [0.29, 0.717) is 5.69 Å². The lowest BCUT2D eigenvalue weighted by Crippen LogP contribution is -2.39. The highest BCUT2D eigenvalue weighted by atomic mass is 79.9. The van der Waals surface area contributed by atoms with Crippen LogP contribution < -0.4 is 4.90 Å². The molecule has 0 N–H and O–H groups in total. The van der Waals surface area contributed by atoms with Gasteiger partial charge in [0.2, 0.25) is 5.91 Å². The summed E-state index contributed by atoms with van der Waals surface area (Å²) in [6.45, 7) is 3.35. The predicted octanol–water partition coefficient (Wildman–Crippen LogP) is 1.52. The van der Waals surface area contributed by atoms with Crippen molar-refractivity contribution >= 4 is 50.9 Å². The average molecular weight is 436 g/mol. The number of carbonyl (C=O) groups is 4. The molecule has 0 aromatic heterocycles. The summed E-state index contributed by atoms with van der Waals surface area (Å²) in [6, 6.07) is 5.78. The van der Waals surface area contributed by atoms with Crippen molar-refractivity contribution in [3.05, 3.63) is 28.7 Å². The third kappa shape index (κ3) is 3.51. The summed E-state index contributed by atoms with van der Waals surface area (Å²) in [5.74, 6) is -2.83. The van der Waals surface area contributed by atoms with Crippen LogP contribution in [0.25, 0.3) is 0 Å². The maximum Gasteiger partial charge on any atom is 0.355 e. The van der Waals surface area contributed by atoms with E-state index in [-0.39, 0.29) is 31.1 Å². The van der Waals surface area contributed by atoms with Gasteiger partial charge in [0.15, 0.2) is 5.71 Å². The van der Waals surface area contributed by atoms with Gasteiger partial charge in [0, 0.05) is 17.4 Å². The zero-order chi connectivity index (χ0) is 19.7. The number of hydrazone groups is 1. The Bertz CT molecular complexity index is 836. The number of Topliss-reactive ketones (excluding diaryl/α,β-unsaturated/α-hetero) is 1. The number of hydrogen-bond acceptors (Lipinski definition) is 7. The summed E-state index contributed by atoms with van der Waals surface area (Å²) in [4.78, 5) is 50.7. The molecular formula is C18H18BrN3O5. The number of imide groups is 1. The normalized spacial score (nSPS) is 21.4. The largest absolute Gasteiger partial charge is 0.461 e. The number of hydrogen-bond donors (Lipinski definition) is 0. The minimum absolute atomic E-state index is 0.0760. The van der Waals surface area contributed by atoms with E-state index >= 15 is 0 Å². The maximum absolute atomic E-state index is 13.0. The summed E-state index contributed by atoms with van der Waals surface area (Å²) in [5, 5.41) is 5.51. The Balaban J connectivity index is 1.96. The molecule has 0 saturated carbocycles. The predicted molar refractivity (Wildman–Crippen MR) is 100.0 cm³/mol. The van der Waals surface area contributed by atoms with Gasteiger partial charge < -0.3 is 4.74 Å². The standard InChI is InChI=1S/C18H18BrN3O5/c1-3-27-18(26)14-13-15(21(20-14)9-8-10(2)23)17(25)22(16(13)24)12-6-4-11(19)5-7-12/h4-7,13,15H,3,8-9H2,1-2H3/t13-,15-/m1/s1. The molecular weight excluding hydrogens is 418 g/mol. The van der Waals surface area contributed by atoms with Crippen LogP contribution in [0.5, 0.6) is 0 Å². The monoisotopic (exact) mass is 435 g/mol. The minimum Gasteiger partial charge on any atom is -0.461 e. The summed E-state index contributed by atoms with van der Waals surface area (Å²) in [7, 11) is 0. The topological polar surface area (TPSA) is 96.3 Å². The molecule has 1 aromatic rings.